The minimum absolute atomic E-state index is 0.211. The minimum atomic E-state index is -0.524. The summed E-state index contributed by atoms with van der Waals surface area (Å²) < 4.78 is 29.4. The second-order valence-corrected chi connectivity index (χ2v) is 6.84. The number of carbonyl (C=O) groups excluding carboxylic acids is 1. The van der Waals surface area contributed by atoms with Crippen LogP contribution in [0.2, 0.25) is 0 Å². The van der Waals surface area contributed by atoms with Gasteiger partial charge in [-0.25, -0.2) is 4.39 Å². The lowest BCUT2D eigenvalue weighted by molar-refractivity contribution is -0.697. The SMILES string of the molecule is COc1cc(OC)c(OC)cc1C[NH2+][C@@H](C(=O)Nc1ccc(F)cc1)c1ccccc1. The Hall–Kier alpha value is -3.58. The van der Waals surface area contributed by atoms with Crippen LogP contribution in [0.1, 0.15) is 17.2 Å². The number of nitrogens with one attached hydrogen (secondary N) is 1. The van der Waals surface area contributed by atoms with E-state index in [9.17, 15) is 9.18 Å². The van der Waals surface area contributed by atoms with Crippen molar-refractivity contribution in [3.63, 3.8) is 0 Å². The highest BCUT2D eigenvalue weighted by Crippen LogP contribution is 2.34. The summed E-state index contributed by atoms with van der Waals surface area (Å²) in [5.74, 6) is 1.22. The van der Waals surface area contributed by atoms with Crippen molar-refractivity contribution < 1.29 is 28.7 Å². The third-order valence-corrected chi connectivity index (χ3v) is 4.91. The third-order valence-electron chi connectivity index (χ3n) is 4.91. The van der Waals surface area contributed by atoms with Gasteiger partial charge in [0.1, 0.15) is 18.1 Å². The van der Waals surface area contributed by atoms with E-state index in [1.54, 1.807) is 27.4 Å². The summed E-state index contributed by atoms with van der Waals surface area (Å²) >= 11 is 0. The van der Waals surface area contributed by atoms with Gasteiger partial charge in [-0.15, -0.1) is 0 Å². The lowest BCUT2D eigenvalue weighted by atomic mass is 10.0. The van der Waals surface area contributed by atoms with Crippen molar-refractivity contribution in [2.75, 3.05) is 26.6 Å². The van der Waals surface area contributed by atoms with Gasteiger partial charge in [-0.3, -0.25) is 4.79 Å². The number of anilines is 1. The zero-order valence-corrected chi connectivity index (χ0v) is 17.7. The van der Waals surface area contributed by atoms with Crippen molar-refractivity contribution in [2.24, 2.45) is 0 Å². The second-order valence-electron chi connectivity index (χ2n) is 6.84. The Balaban J connectivity index is 1.84. The van der Waals surface area contributed by atoms with Crippen LogP contribution in [0.3, 0.4) is 0 Å². The van der Waals surface area contributed by atoms with E-state index in [0.717, 1.165) is 11.1 Å². The standard InChI is InChI=1S/C24H25FN2O4/c1-29-20-14-22(31-3)21(30-2)13-17(20)15-26-23(16-7-5-4-6-8-16)24(28)27-19-11-9-18(25)10-12-19/h4-14,23,26H,15H2,1-3H3,(H,27,28)/p+1/t23-/m1/s1. The molecular weight excluding hydrogens is 399 g/mol. The largest absolute Gasteiger partial charge is 0.496 e. The lowest BCUT2D eigenvalue weighted by Gasteiger charge is -2.18. The monoisotopic (exact) mass is 425 g/mol. The normalized spacial score (nSPS) is 11.5. The fourth-order valence-corrected chi connectivity index (χ4v) is 3.30. The van der Waals surface area contributed by atoms with Gasteiger partial charge in [0.2, 0.25) is 0 Å². The zero-order valence-electron chi connectivity index (χ0n) is 17.7. The number of benzene rings is 3. The Morgan fingerprint density at radius 1 is 0.903 bits per heavy atom. The molecule has 0 bridgehead atoms. The van der Waals surface area contributed by atoms with Crippen molar-refractivity contribution in [1.29, 1.82) is 0 Å². The number of hydrogen-bond acceptors (Lipinski definition) is 4. The molecule has 0 aliphatic rings. The minimum Gasteiger partial charge on any atom is -0.496 e. The molecule has 0 aromatic heterocycles. The number of amides is 1. The number of carbonyl (C=O) groups is 1. The van der Waals surface area contributed by atoms with Gasteiger partial charge in [0.05, 0.1) is 26.9 Å². The van der Waals surface area contributed by atoms with Crippen LogP contribution < -0.4 is 24.8 Å². The molecule has 3 rings (SSSR count). The molecule has 0 heterocycles. The first kappa shape index (κ1) is 22.1. The topological polar surface area (TPSA) is 73.4 Å². The number of halogens is 1. The predicted molar refractivity (Wildman–Crippen MR) is 116 cm³/mol. The number of quaternary nitrogens is 1. The first-order valence-electron chi connectivity index (χ1n) is 9.79. The Morgan fingerprint density at radius 2 is 1.52 bits per heavy atom. The number of hydrogen-bond donors (Lipinski definition) is 2. The van der Waals surface area contributed by atoms with Crippen LogP contribution in [-0.2, 0) is 11.3 Å². The van der Waals surface area contributed by atoms with Crippen LogP contribution in [0.5, 0.6) is 17.2 Å². The number of nitrogens with two attached hydrogens (primary N) is 1. The van der Waals surface area contributed by atoms with E-state index in [1.165, 1.54) is 24.3 Å². The van der Waals surface area contributed by atoms with Crippen molar-refractivity contribution in [1.82, 2.24) is 0 Å². The summed E-state index contributed by atoms with van der Waals surface area (Å²) in [5.41, 5.74) is 2.24. The molecule has 3 aromatic rings. The molecule has 0 fully saturated rings. The maximum atomic E-state index is 13.2. The quantitative estimate of drug-likeness (QED) is 0.552. The smallest absolute Gasteiger partial charge is 0.287 e. The molecule has 162 valence electrons. The van der Waals surface area contributed by atoms with Crippen molar-refractivity contribution in [3.8, 4) is 17.2 Å². The van der Waals surface area contributed by atoms with E-state index >= 15 is 0 Å². The molecule has 0 aliphatic carbocycles. The summed E-state index contributed by atoms with van der Waals surface area (Å²) in [4.78, 5) is 13.1. The molecule has 7 heteroatoms. The van der Waals surface area contributed by atoms with Crippen LogP contribution in [0, 0.1) is 5.82 Å². The lowest BCUT2D eigenvalue weighted by Crippen LogP contribution is -2.85. The average Bonchev–Trinajstić information content (AvgIpc) is 2.80. The van der Waals surface area contributed by atoms with E-state index in [1.807, 2.05) is 41.7 Å². The molecule has 0 saturated heterocycles. The van der Waals surface area contributed by atoms with Crippen molar-refractivity contribution in [3.05, 3.63) is 83.7 Å². The fraction of sp³-hybridized carbons (Fsp3) is 0.208. The Labute approximate surface area is 181 Å². The highest BCUT2D eigenvalue weighted by atomic mass is 19.1. The second kappa shape index (κ2) is 10.4. The van der Waals surface area contributed by atoms with Gasteiger partial charge in [-0.05, 0) is 30.3 Å². The van der Waals surface area contributed by atoms with Gasteiger partial charge in [-0.2, -0.15) is 0 Å². The van der Waals surface area contributed by atoms with Crippen LogP contribution in [-0.4, -0.2) is 27.2 Å². The molecule has 0 unspecified atom stereocenters. The molecule has 0 aliphatic heterocycles. The van der Waals surface area contributed by atoms with Crippen LogP contribution in [0.15, 0.2) is 66.7 Å². The first-order valence-corrected chi connectivity index (χ1v) is 9.79. The summed E-state index contributed by atoms with van der Waals surface area (Å²) in [6.45, 7) is 0.458. The van der Waals surface area contributed by atoms with Gasteiger partial charge >= 0.3 is 0 Å². The Bertz CT molecular complexity index is 1010. The Morgan fingerprint density at radius 3 is 2.13 bits per heavy atom. The molecule has 1 atom stereocenters. The maximum Gasteiger partial charge on any atom is 0.287 e. The summed E-state index contributed by atoms with van der Waals surface area (Å²) in [7, 11) is 4.72. The summed E-state index contributed by atoms with van der Waals surface area (Å²) in [5, 5.41) is 4.78. The van der Waals surface area contributed by atoms with E-state index in [4.69, 9.17) is 14.2 Å². The first-order chi connectivity index (χ1) is 15.0. The third kappa shape index (κ3) is 5.52. The molecule has 3 N–H and O–H groups in total. The maximum absolute atomic E-state index is 13.2. The van der Waals surface area contributed by atoms with Crippen molar-refractivity contribution >= 4 is 11.6 Å². The van der Waals surface area contributed by atoms with E-state index in [-0.39, 0.29) is 11.7 Å². The van der Waals surface area contributed by atoms with Gasteiger partial charge in [0.15, 0.2) is 17.5 Å². The molecule has 1 amide bonds. The number of ether oxygens (including phenoxy) is 3. The number of methoxy groups -OCH3 is 3. The molecule has 31 heavy (non-hydrogen) atoms. The summed E-state index contributed by atoms with van der Waals surface area (Å²) in [6.07, 6.45) is 0. The van der Waals surface area contributed by atoms with Crippen LogP contribution in [0.25, 0.3) is 0 Å². The molecule has 3 aromatic carbocycles. The van der Waals surface area contributed by atoms with E-state index in [0.29, 0.717) is 29.5 Å². The van der Waals surface area contributed by atoms with Crippen molar-refractivity contribution in [2.45, 2.75) is 12.6 Å². The molecule has 6 nitrogen and oxygen atoms in total. The van der Waals surface area contributed by atoms with E-state index < -0.39 is 6.04 Å². The highest BCUT2D eigenvalue weighted by Gasteiger charge is 2.25. The molecule has 0 radical (unpaired) electrons. The predicted octanol–water partition coefficient (Wildman–Crippen LogP) is 3.29. The zero-order chi connectivity index (χ0) is 22.2. The number of rotatable bonds is 9. The van der Waals surface area contributed by atoms with Gasteiger partial charge in [-0.1, -0.05) is 30.3 Å². The molecule has 0 spiro atoms. The molecular formula is C24H26FN2O4+. The van der Waals surface area contributed by atoms with Gasteiger partial charge < -0.3 is 24.8 Å². The van der Waals surface area contributed by atoms with Crippen LogP contribution >= 0.6 is 0 Å². The van der Waals surface area contributed by atoms with E-state index in [2.05, 4.69) is 5.32 Å². The van der Waals surface area contributed by atoms with Gasteiger partial charge in [0.25, 0.3) is 5.91 Å². The Kier molecular flexibility index (Phi) is 7.45. The fourth-order valence-electron chi connectivity index (χ4n) is 3.30. The highest BCUT2D eigenvalue weighted by molar-refractivity contribution is 5.94. The molecule has 0 saturated carbocycles. The summed E-state index contributed by atoms with van der Waals surface area (Å²) in [6, 6.07) is 18.2. The van der Waals surface area contributed by atoms with Gasteiger partial charge in [0, 0.05) is 17.3 Å². The average molecular weight is 425 g/mol. The van der Waals surface area contributed by atoms with Crippen LogP contribution in [0.4, 0.5) is 10.1 Å².